The second-order valence-electron chi connectivity index (χ2n) is 11.2. The van der Waals surface area contributed by atoms with Crippen molar-refractivity contribution >= 4 is 27.9 Å². The smallest absolute Gasteiger partial charge is 0.209 e. The number of fused-ring (bicyclic) bond motifs is 4. The van der Waals surface area contributed by atoms with Gasteiger partial charge in [0.05, 0.1) is 11.1 Å². The summed E-state index contributed by atoms with van der Waals surface area (Å²) in [5.74, 6) is 0. The van der Waals surface area contributed by atoms with E-state index in [1.165, 1.54) is 50.2 Å². The zero-order chi connectivity index (χ0) is 25.8. The number of likely N-dealkylation sites (N-methyl/N-ethyl adjacent to an activating group) is 1. The number of anilines is 1. The highest BCUT2D eigenvalue weighted by Crippen LogP contribution is 2.51. The first-order valence-corrected chi connectivity index (χ1v) is 13.2. The summed E-state index contributed by atoms with van der Waals surface area (Å²) in [5, 5.41) is 2.60. The monoisotopic (exact) mass is 483 g/mol. The average Bonchev–Trinajstić information content (AvgIpc) is 3.24. The SMILES string of the molecule is CN1C(=CC=CC2=[N+](C)c3ccccc3C2(C)C)C(C)(Cc2ccccc2)c2ccc3ccccc3c21. The molecule has 0 aromatic heterocycles. The maximum Gasteiger partial charge on any atom is 0.209 e. The normalized spacial score (nSPS) is 21.3. The first-order chi connectivity index (χ1) is 17.8. The molecule has 0 aliphatic carbocycles. The van der Waals surface area contributed by atoms with Crippen molar-refractivity contribution in [3.05, 3.63) is 132 Å². The number of nitrogens with zero attached hydrogens (tertiary/aromatic N) is 2. The summed E-state index contributed by atoms with van der Waals surface area (Å²) < 4.78 is 2.34. The van der Waals surface area contributed by atoms with Crippen molar-refractivity contribution in [2.24, 2.45) is 0 Å². The van der Waals surface area contributed by atoms with Gasteiger partial charge in [-0.2, -0.15) is 4.58 Å². The molecule has 2 heterocycles. The molecule has 0 amide bonds. The van der Waals surface area contributed by atoms with Gasteiger partial charge in [0, 0.05) is 41.3 Å². The summed E-state index contributed by atoms with van der Waals surface area (Å²) in [6, 6.07) is 33.0. The van der Waals surface area contributed by atoms with Crippen LogP contribution in [0, 0.1) is 0 Å². The van der Waals surface area contributed by atoms with Crippen molar-refractivity contribution in [1.29, 1.82) is 0 Å². The van der Waals surface area contributed by atoms with Gasteiger partial charge >= 0.3 is 0 Å². The molecule has 0 bridgehead atoms. The van der Waals surface area contributed by atoms with E-state index in [4.69, 9.17) is 0 Å². The van der Waals surface area contributed by atoms with Gasteiger partial charge in [-0.25, -0.2) is 0 Å². The molecule has 0 saturated carbocycles. The van der Waals surface area contributed by atoms with Gasteiger partial charge in [-0.05, 0) is 49.8 Å². The third-order valence-electron chi connectivity index (χ3n) is 8.61. The average molecular weight is 484 g/mol. The van der Waals surface area contributed by atoms with Crippen LogP contribution in [0.1, 0.15) is 37.5 Å². The lowest BCUT2D eigenvalue weighted by atomic mass is 9.76. The van der Waals surface area contributed by atoms with Gasteiger partial charge in [-0.3, -0.25) is 0 Å². The lowest BCUT2D eigenvalue weighted by Gasteiger charge is -2.29. The predicted molar refractivity (Wildman–Crippen MR) is 157 cm³/mol. The largest absolute Gasteiger partial charge is 0.347 e. The highest BCUT2D eigenvalue weighted by Gasteiger charge is 2.44. The Hall–Kier alpha value is -3.91. The standard InChI is InChI=1S/C35H35N2/c1-34(2)28-18-11-12-19-30(28)36(4)31(34)20-13-21-32-35(3,24-25-14-7-6-8-15-25)29-23-22-26-16-9-10-17-27(26)33(29)37(32)5/h6-23H,24H2,1-5H3/q+1. The molecule has 37 heavy (non-hydrogen) atoms. The number of allylic oxidation sites excluding steroid dienone is 4. The van der Waals surface area contributed by atoms with E-state index in [-0.39, 0.29) is 10.8 Å². The molecule has 184 valence electrons. The minimum atomic E-state index is -0.134. The number of hydrogen-bond donors (Lipinski definition) is 0. The molecule has 0 saturated heterocycles. The number of benzene rings is 4. The Labute approximate surface area is 220 Å². The van der Waals surface area contributed by atoms with E-state index in [1.807, 2.05) is 0 Å². The second-order valence-corrected chi connectivity index (χ2v) is 11.2. The summed E-state index contributed by atoms with van der Waals surface area (Å²) >= 11 is 0. The van der Waals surface area contributed by atoms with E-state index < -0.39 is 0 Å². The first kappa shape index (κ1) is 23.5. The molecule has 4 aromatic rings. The molecule has 2 nitrogen and oxygen atoms in total. The topological polar surface area (TPSA) is 6.25 Å². The molecule has 0 N–H and O–H groups in total. The molecule has 1 atom stereocenters. The number of rotatable bonds is 4. The summed E-state index contributed by atoms with van der Waals surface area (Å²) in [5.41, 5.74) is 9.25. The fourth-order valence-corrected chi connectivity index (χ4v) is 6.71. The van der Waals surface area contributed by atoms with Crippen molar-refractivity contribution in [2.75, 3.05) is 19.0 Å². The lowest BCUT2D eigenvalue weighted by molar-refractivity contribution is -0.401. The van der Waals surface area contributed by atoms with E-state index in [0.29, 0.717) is 0 Å². The third kappa shape index (κ3) is 3.58. The molecule has 0 radical (unpaired) electrons. The summed E-state index contributed by atoms with van der Waals surface area (Å²) in [6.45, 7) is 7.06. The van der Waals surface area contributed by atoms with Crippen LogP contribution in [0.5, 0.6) is 0 Å². The van der Waals surface area contributed by atoms with Crippen molar-refractivity contribution in [3.8, 4) is 0 Å². The van der Waals surface area contributed by atoms with E-state index in [9.17, 15) is 0 Å². The minimum absolute atomic E-state index is 0.0333. The van der Waals surface area contributed by atoms with Crippen molar-refractivity contribution in [2.45, 2.75) is 38.0 Å². The Balaban J connectivity index is 1.47. The molecule has 2 heteroatoms. The van der Waals surface area contributed by atoms with E-state index >= 15 is 0 Å². The Kier molecular flexibility index (Phi) is 5.45. The Morgan fingerprint density at radius 1 is 0.784 bits per heavy atom. The summed E-state index contributed by atoms with van der Waals surface area (Å²) in [4.78, 5) is 2.42. The van der Waals surface area contributed by atoms with Crippen LogP contribution in [0.25, 0.3) is 10.8 Å². The second kappa shape index (κ2) is 8.59. The van der Waals surface area contributed by atoms with Crippen LogP contribution in [-0.4, -0.2) is 24.4 Å². The van der Waals surface area contributed by atoms with Gasteiger partial charge in [0.25, 0.3) is 0 Å². The fourth-order valence-electron chi connectivity index (χ4n) is 6.71. The molecular weight excluding hydrogens is 448 g/mol. The number of para-hydroxylation sites is 1. The van der Waals surface area contributed by atoms with Crippen LogP contribution < -0.4 is 4.90 Å². The van der Waals surface area contributed by atoms with Gasteiger partial charge in [0.2, 0.25) is 5.69 Å². The van der Waals surface area contributed by atoms with E-state index in [2.05, 4.69) is 154 Å². The van der Waals surface area contributed by atoms with Crippen LogP contribution in [0.15, 0.2) is 115 Å². The lowest BCUT2D eigenvalue weighted by Crippen LogP contribution is -2.29. The third-order valence-corrected chi connectivity index (χ3v) is 8.61. The van der Waals surface area contributed by atoms with Crippen molar-refractivity contribution in [1.82, 2.24) is 0 Å². The van der Waals surface area contributed by atoms with Crippen LogP contribution in [0.2, 0.25) is 0 Å². The van der Waals surface area contributed by atoms with Crippen LogP contribution in [-0.2, 0) is 17.3 Å². The van der Waals surface area contributed by atoms with Gasteiger partial charge in [0.1, 0.15) is 7.05 Å². The van der Waals surface area contributed by atoms with Crippen molar-refractivity contribution < 1.29 is 4.58 Å². The van der Waals surface area contributed by atoms with Gasteiger partial charge in [-0.1, -0.05) is 91.0 Å². The van der Waals surface area contributed by atoms with Crippen LogP contribution in [0.4, 0.5) is 11.4 Å². The molecule has 2 aliphatic heterocycles. The molecule has 1 unspecified atom stereocenters. The maximum absolute atomic E-state index is 2.42. The van der Waals surface area contributed by atoms with Gasteiger partial charge in [0.15, 0.2) is 5.71 Å². The highest BCUT2D eigenvalue weighted by molar-refractivity contribution is 6.03. The highest BCUT2D eigenvalue weighted by atomic mass is 15.2. The van der Waals surface area contributed by atoms with E-state index in [1.54, 1.807) is 0 Å². The minimum Gasteiger partial charge on any atom is -0.347 e. The van der Waals surface area contributed by atoms with Crippen LogP contribution >= 0.6 is 0 Å². The summed E-state index contributed by atoms with van der Waals surface area (Å²) in [6.07, 6.45) is 7.88. The molecular formula is C35H35N2+. The Morgan fingerprint density at radius 2 is 1.49 bits per heavy atom. The zero-order valence-corrected chi connectivity index (χ0v) is 22.5. The van der Waals surface area contributed by atoms with Crippen molar-refractivity contribution in [3.63, 3.8) is 0 Å². The molecule has 0 spiro atoms. The Bertz CT molecular complexity index is 1600. The summed E-state index contributed by atoms with van der Waals surface area (Å²) in [7, 11) is 4.42. The predicted octanol–water partition coefficient (Wildman–Crippen LogP) is 7.94. The van der Waals surface area contributed by atoms with Gasteiger partial charge < -0.3 is 4.90 Å². The molecule has 6 rings (SSSR count). The molecule has 2 aliphatic rings. The number of hydrogen-bond acceptors (Lipinski definition) is 1. The molecule has 0 fully saturated rings. The van der Waals surface area contributed by atoms with E-state index in [0.717, 1.165) is 6.42 Å². The molecule has 4 aromatic carbocycles. The fraction of sp³-hybridized carbons (Fsp3) is 0.229. The van der Waals surface area contributed by atoms with Gasteiger partial charge in [-0.15, -0.1) is 0 Å². The first-order valence-electron chi connectivity index (χ1n) is 13.2. The van der Waals surface area contributed by atoms with Crippen LogP contribution in [0.3, 0.4) is 0 Å². The Morgan fingerprint density at radius 3 is 2.27 bits per heavy atom. The zero-order valence-electron chi connectivity index (χ0n) is 22.5. The quantitative estimate of drug-likeness (QED) is 0.267. The maximum atomic E-state index is 2.42.